The summed E-state index contributed by atoms with van der Waals surface area (Å²) in [6.45, 7) is 7.15. The summed E-state index contributed by atoms with van der Waals surface area (Å²) in [7, 11) is 1.56. The number of methoxy groups -OCH3 is 1. The number of carbonyl (C=O) groups excluding carboxylic acids is 2. The van der Waals surface area contributed by atoms with Crippen molar-refractivity contribution in [3.05, 3.63) is 56.9 Å². The van der Waals surface area contributed by atoms with E-state index in [1.54, 1.807) is 7.11 Å². The summed E-state index contributed by atoms with van der Waals surface area (Å²) in [6, 6.07) is 7.93. The Bertz CT molecular complexity index is 1260. The molecule has 0 aliphatic carbocycles. The highest BCUT2D eigenvalue weighted by molar-refractivity contribution is 7.14. The normalized spacial score (nSPS) is 16.0. The van der Waals surface area contributed by atoms with Crippen LogP contribution < -0.4 is 14.4 Å². The number of aryl methyl sites for hydroxylation is 1. The number of thiazole rings is 1. The number of Topliss-reactive ketones (excluding diaryl/α,β-unsaturated/α-hetero) is 2. The Balaban J connectivity index is 1.33. The molecule has 2 aromatic heterocycles. The summed E-state index contributed by atoms with van der Waals surface area (Å²) >= 11 is 7.48. The number of benzene rings is 1. The highest BCUT2D eigenvalue weighted by Crippen LogP contribution is 2.34. The number of halogens is 1. The highest BCUT2D eigenvalue weighted by Gasteiger charge is 2.28. The Morgan fingerprint density at radius 2 is 2.00 bits per heavy atom. The summed E-state index contributed by atoms with van der Waals surface area (Å²) < 4.78 is 11.6. The Labute approximate surface area is 226 Å². The molecule has 3 aromatic rings. The van der Waals surface area contributed by atoms with Crippen molar-refractivity contribution in [3.63, 3.8) is 0 Å². The maximum atomic E-state index is 13.0. The molecule has 1 fully saturated rings. The van der Waals surface area contributed by atoms with Crippen LogP contribution in [-0.2, 0) is 11.2 Å². The quantitative estimate of drug-likeness (QED) is 0.233. The maximum absolute atomic E-state index is 13.0. The van der Waals surface area contributed by atoms with Crippen LogP contribution in [0.25, 0.3) is 0 Å². The Hall–Kier alpha value is -3.04. The predicted octanol–water partition coefficient (Wildman–Crippen LogP) is 5.46. The minimum atomic E-state index is 0.00591. The van der Waals surface area contributed by atoms with Gasteiger partial charge in [-0.2, -0.15) is 0 Å². The first kappa shape index (κ1) is 27.0. The van der Waals surface area contributed by atoms with Crippen LogP contribution in [0.5, 0.6) is 11.5 Å². The second-order valence-corrected chi connectivity index (χ2v) is 10.6. The molecule has 0 N–H and O–H groups in total. The molecule has 1 aliphatic heterocycles. The molecule has 1 aliphatic rings. The predicted molar refractivity (Wildman–Crippen MR) is 144 cm³/mol. The van der Waals surface area contributed by atoms with Gasteiger partial charge in [-0.25, -0.2) is 15.0 Å². The molecule has 1 aromatic carbocycles. The van der Waals surface area contributed by atoms with Crippen molar-refractivity contribution >= 4 is 40.3 Å². The number of anilines is 1. The smallest absolute Gasteiger partial charge is 0.199 e. The average Bonchev–Trinajstić information content (AvgIpc) is 3.50. The van der Waals surface area contributed by atoms with E-state index in [0.717, 1.165) is 24.3 Å². The van der Waals surface area contributed by atoms with E-state index in [4.69, 9.17) is 21.1 Å². The Morgan fingerprint density at radius 1 is 1.24 bits per heavy atom. The van der Waals surface area contributed by atoms with Gasteiger partial charge in [-0.1, -0.05) is 37.6 Å². The van der Waals surface area contributed by atoms with E-state index >= 15 is 0 Å². The highest BCUT2D eigenvalue weighted by atomic mass is 35.5. The fourth-order valence-corrected chi connectivity index (χ4v) is 5.64. The molecular weight excluding hydrogens is 512 g/mol. The van der Waals surface area contributed by atoms with Crippen LogP contribution in [-0.4, -0.2) is 52.8 Å². The topological polar surface area (TPSA) is 94.5 Å². The number of rotatable bonds is 11. The molecular formula is C27H31ClN4O4S. The lowest BCUT2D eigenvalue weighted by Crippen LogP contribution is -2.25. The van der Waals surface area contributed by atoms with Gasteiger partial charge in [0.15, 0.2) is 22.5 Å². The van der Waals surface area contributed by atoms with Crippen molar-refractivity contribution in [1.82, 2.24) is 15.0 Å². The van der Waals surface area contributed by atoms with Gasteiger partial charge in [0.1, 0.15) is 29.0 Å². The zero-order chi connectivity index (χ0) is 26.5. The van der Waals surface area contributed by atoms with Crippen molar-refractivity contribution in [2.75, 3.05) is 25.1 Å². The molecule has 0 radical (unpaired) electrons. The number of aromatic nitrogens is 3. The molecule has 3 heterocycles. The molecule has 0 amide bonds. The average molecular weight is 543 g/mol. The lowest BCUT2D eigenvalue weighted by atomic mass is 9.95. The first-order chi connectivity index (χ1) is 17.8. The molecule has 2 atom stereocenters. The minimum Gasteiger partial charge on any atom is -0.490 e. The van der Waals surface area contributed by atoms with E-state index in [1.165, 1.54) is 17.7 Å². The van der Waals surface area contributed by atoms with Crippen LogP contribution in [0, 0.1) is 6.92 Å². The van der Waals surface area contributed by atoms with Gasteiger partial charge in [-0.3, -0.25) is 9.59 Å². The second kappa shape index (κ2) is 12.0. The van der Waals surface area contributed by atoms with Gasteiger partial charge < -0.3 is 14.4 Å². The molecule has 10 heteroatoms. The van der Waals surface area contributed by atoms with Crippen LogP contribution in [0.4, 0.5) is 5.82 Å². The monoisotopic (exact) mass is 542 g/mol. The third-order valence-corrected chi connectivity index (χ3v) is 7.94. The number of nitrogens with zero attached hydrogens (tertiary/aromatic N) is 4. The van der Waals surface area contributed by atoms with Crippen LogP contribution >= 0.6 is 22.9 Å². The molecule has 196 valence electrons. The van der Waals surface area contributed by atoms with E-state index in [1.807, 2.05) is 45.0 Å². The first-order valence-corrected chi connectivity index (χ1v) is 13.6. The summed E-state index contributed by atoms with van der Waals surface area (Å²) in [5.74, 6) is 2.15. The summed E-state index contributed by atoms with van der Waals surface area (Å²) in [4.78, 5) is 40.2. The van der Waals surface area contributed by atoms with Gasteiger partial charge in [-0.15, -0.1) is 11.3 Å². The molecule has 0 bridgehead atoms. The first-order valence-electron chi connectivity index (χ1n) is 12.4. The van der Waals surface area contributed by atoms with Crippen LogP contribution in [0.15, 0.2) is 30.6 Å². The number of hydrogen-bond donors (Lipinski definition) is 0. The third kappa shape index (κ3) is 6.45. The standard InChI is InChI=1S/C27H31ClN4O4S/c1-5-19(33)13-23-31-17(3)25(37-23)22(34)12-16(2)18-6-8-20(9-7-18)36-21-10-11-32(14-21)27-24(35-4)26(28)29-15-30-27/h6-9,15-16,21H,5,10-14H2,1-4H3/t16-,21-/m1/s1. The van der Waals surface area contributed by atoms with Crippen LogP contribution in [0.2, 0.25) is 5.15 Å². The van der Waals surface area contributed by atoms with Crippen molar-refractivity contribution in [3.8, 4) is 11.5 Å². The van der Waals surface area contributed by atoms with Gasteiger partial charge in [0.2, 0.25) is 0 Å². The van der Waals surface area contributed by atoms with E-state index in [2.05, 4.69) is 19.9 Å². The van der Waals surface area contributed by atoms with Gasteiger partial charge in [0.25, 0.3) is 0 Å². The number of carbonyl (C=O) groups is 2. The Kier molecular flexibility index (Phi) is 8.76. The largest absolute Gasteiger partial charge is 0.490 e. The van der Waals surface area contributed by atoms with Gasteiger partial charge >= 0.3 is 0 Å². The van der Waals surface area contributed by atoms with Crippen LogP contribution in [0.1, 0.15) is 65.0 Å². The molecule has 1 saturated heterocycles. The zero-order valence-electron chi connectivity index (χ0n) is 21.5. The summed E-state index contributed by atoms with van der Waals surface area (Å²) in [5.41, 5.74) is 1.77. The van der Waals surface area contributed by atoms with Gasteiger partial charge in [0, 0.05) is 25.8 Å². The number of ketones is 2. The van der Waals surface area contributed by atoms with Crippen molar-refractivity contribution in [2.24, 2.45) is 0 Å². The molecule has 37 heavy (non-hydrogen) atoms. The van der Waals surface area contributed by atoms with Crippen LogP contribution in [0.3, 0.4) is 0 Å². The van der Waals surface area contributed by atoms with E-state index in [0.29, 0.717) is 53.0 Å². The Morgan fingerprint density at radius 3 is 2.70 bits per heavy atom. The summed E-state index contributed by atoms with van der Waals surface area (Å²) in [5, 5.41) is 1.01. The van der Waals surface area contributed by atoms with Gasteiger partial charge in [0.05, 0.1) is 30.6 Å². The fourth-order valence-electron chi connectivity index (χ4n) is 4.40. The molecule has 4 rings (SSSR count). The zero-order valence-corrected chi connectivity index (χ0v) is 23.1. The van der Waals surface area contributed by atoms with E-state index in [9.17, 15) is 9.59 Å². The SMILES string of the molecule is CCC(=O)Cc1nc(C)c(C(=O)C[C@@H](C)c2ccc(O[C@@H]3CCN(c4ncnc(Cl)c4OC)C3)cc2)s1. The van der Waals surface area contributed by atoms with Crippen molar-refractivity contribution in [2.45, 2.75) is 58.5 Å². The number of ether oxygens (including phenoxy) is 2. The lowest BCUT2D eigenvalue weighted by Gasteiger charge is -2.20. The maximum Gasteiger partial charge on any atom is 0.199 e. The molecule has 0 saturated carbocycles. The second-order valence-electron chi connectivity index (χ2n) is 9.18. The summed E-state index contributed by atoms with van der Waals surface area (Å²) in [6.07, 6.45) is 3.44. The van der Waals surface area contributed by atoms with Crippen molar-refractivity contribution < 1.29 is 19.1 Å². The lowest BCUT2D eigenvalue weighted by molar-refractivity contribution is -0.118. The van der Waals surface area contributed by atoms with Gasteiger partial charge in [-0.05, 0) is 30.5 Å². The third-order valence-electron chi connectivity index (χ3n) is 6.47. The fraction of sp³-hybridized carbons (Fsp3) is 0.444. The molecule has 0 unspecified atom stereocenters. The van der Waals surface area contributed by atoms with E-state index < -0.39 is 0 Å². The molecule has 0 spiro atoms. The van der Waals surface area contributed by atoms with Crippen molar-refractivity contribution in [1.29, 1.82) is 0 Å². The molecule has 8 nitrogen and oxygen atoms in total. The minimum absolute atomic E-state index is 0.00591. The van der Waals surface area contributed by atoms with E-state index in [-0.39, 0.29) is 28.7 Å². The number of hydrogen-bond acceptors (Lipinski definition) is 9.